The number of anilines is 1. The molecule has 176 valence electrons. The van der Waals surface area contributed by atoms with Crippen molar-refractivity contribution in [3.63, 3.8) is 0 Å². The van der Waals surface area contributed by atoms with Gasteiger partial charge in [-0.2, -0.15) is 4.31 Å². The summed E-state index contributed by atoms with van der Waals surface area (Å²) in [5, 5.41) is 12.1. The van der Waals surface area contributed by atoms with Crippen LogP contribution >= 0.6 is 11.3 Å². The SMILES string of the molecule is COc1ccc(C[C@H]2CN(S(=O)(=O)c3cccs3)CCN2c2ccc(C(C)(C)O)cc2)cc1. The highest BCUT2D eigenvalue weighted by molar-refractivity contribution is 7.91. The van der Waals surface area contributed by atoms with Gasteiger partial charge >= 0.3 is 0 Å². The Bertz CT molecular complexity index is 1150. The summed E-state index contributed by atoms with van der Waals surface area (Å²) in [7, 11) is -1.87. The molecule has 0 unspecified atom stereocenters. The summed E-state index contributed by atoms with van der Waals surface area (Å²) in [5.41, 5.74) is 2.08. The van der Waals surface area contributed by atoms with E-state index in [-0.39, 0.29) is 6.04 Å². The van der Waals surface area contributed by atoms with Gasteiger partial charge in [-0.15, -0.1) is 11.3 Å². The van der Waals surface area contributed by atoms with Crippen molar-refractivity contribution in [1.82, 2.24) is 4.31 Å². The second kappa shape index (κ2) is 9.46. The number of aliphatic hydroxyl groups is 1. The molecule has 8 heteroatoms. The lowest BCUT2D eigenvalue weighted by atomic mass is 9.97. The van der Waals surface area contributed by atoms with Crippen LogP contribution in [0, 0.1) is 0 Å². The number of benzene rings is 2. The van der Waals surface area contributed by atoms with Crippen LogP contribution in [0.25, 0.3) is 0 Å². The van der Waals surface area contributed by atoms with E-state index in [1.807, 2.05) is 48.5 Å². The molecule has 0 bridgehead atoms. The summed E-state index contributed by atoms with van der Waals surface area (Å²) in [6, 6.07) is 19.2. The summed E-state index contributed by atoms with van der Waals surface area (Å²) in [4.78, 5) is 2.28. The van der Waals surface area contributed by atoms with Crippen molar-refractivity contribution in [1.29, 1.82) is 0 Å². The average molecular weight is 487 g/mol. The lowest BCUT2D eigenvalue weighted by Gasteiger charge is -2.42. The summed E-state index contributed by atoms with van der Waals surface area (Å²) >= 11 is 1.25. The third-order valence-corrected chi connectivity index (χ3v) is 9.31. The topological polar surface area (TPSA) is 70.1 Å². The molecule has 3 aromatic rings. The van der Waals surface area contributed by atoms with E-state index in [4.69, 9.17) is 4.74 Å². The Morgan fingerprint density at radius 3 is 2.33 bits per heavy atom. The van der Waals surface area contributed by atoms with Gasteiger partial charge in [0.25, 0.3) is 10.0 Å². The highest BCUT2D eigenvalue weighted by Crippen LogP contribution is 2.30. The number of piperazine rings is 1. The van der Waals surface area contributed by atoms with Gasteiger partial charge in [-0.25, -0.2) is 8.42 Å². The fourth-order valence-corrected chi connectivity index (χ4v) is 6.80. The van der Waals surface area contributed by atoms with Crippen LogP contribution in [0.5, 0.6) is 5.75 Å². The predicted molar refractivity (Wildman–Crippen MR) is 133 cm³/mol. The van der Waals surface area contributed by atoms with Crippen molar-refractivity contribution in [2.24, 2.45) is 0 Å². The fraction of sp³-hybridized carbons (Fsp3) is 0.360. The minimum atomic E-state index is -3.51. The molecule has 0 amide bonds. The molecule has 6 nitrogen and oxygen atoms in total. The molecule has 0 spiro atoms. The molecule has 1 saturated heterocycles. The lowest BCUT2D eigenvalue weighted by molar-refractivity contribution is 0.0786. The molecule has 0 aliphatic carbocycles. The number of nitrogens with zero attached hydrogens (tertiary/aromatic N) is 2. The van der Waals surface area contributed by atoms with Crippen molar-refractivity contribution < 1.29 is 18.3 Å². The Balaban J connectivity index is 1.62. The van der Waals surface area contributed by atoms with Crippen LogP contribution in [-0.2, 0) is 22.0 Å². The van der Waals surface area contributed by atoms with Gasteiger partial charge in [0.1, 0.15) is 9.96 Å². The maximum Gasteiger partial charge on any atom is 0.252 e. The molecule has 1 N–H and O–H groups in total. The minimum Gasteiger partial charge on any atom is -0.497 e. The Hall–Kier alpha value is -2.39. The first kappa shape index (κ1) is 23.8. The van der Waals surface area contributed by atoms with Gasteiger partial charge in [-0.05, 0) is 67.1 Å². The highest BCUT2D eigenvalue weighted by Gasteiger charge is 2.35. The summed E-state index contributed by atoms with van der Waals surface area (Å²) in [6.07, 6.45) is 0.702. The van der Waals surface area contributed by atoms with E-state index >= 15 is 0 Å². The predicted octanol–water partition coefficient (Wildman–Crippen LogP) is 4.11. The largest absolute Gasteiger partial charge is 0.497 e. The Kier molecular flexibility index (Phi) is 6.81. The number of methoxy groups -OCH3 is 1. The zero-order valence-electron chi connectivity index (χ0n) is 19.1. The average Bonchev–Trinajstić information content (AvgIpc) is 3.35. The number of rotatable bonds is 7. The van der Waals surface area contributed by atoms with Gasteiger partial charge < -0.3 is 14.7 Å². The van der Waals surface area contributed by atoms with E-state index in [9.17, 15) is 13.5 Å². The van der Waals surface area contributed by atoms with Crippen molar-refractivity contribution >= 4 is 27.0 Å². The number of thiophene rings is 1. The molecule has 2 heterocycles. The number of ether oxygens (including phenoxy) is 1. The van der Waals surface area contributed by atoms with Gasteiger partial charge in [0, 0.05) is 31.4 Å². The number of hydrogen-bond acceptors (Lipinski definition) is 6. The normalized spacial score (nSPS) is 17.8. The summed E-state index contributed by atoms with van der Waals surface area (Å²) < 4.78 is 33.7. The van der Waals surface area contributed by atoms with Crippen LogP contribution in [0.3, 0.4) is 0 Å². The van der Waals surface area contributed by atoms with E-state index in [1.54, 1.807) is 42.8 Å². The molecule has 2 aromatic carbocycles. The van der Waals surface area contributed by atoms with E-state index in [2.05, 4.69) is 4.90 Å². The molecule has 0 radical (unpaired) electrons. The van der Waals surface area contributed by atoms with Crippen LogP contribution < -0.4 is 9.64 Å². The van der Waals surface area contributed by atoms with Crippen LogP contribution in [-0.4, -0.2) is 50.6 Å². The van der Waals surface area contributed by atoms with E-state index < -0.39 is 15.6 Å². The fourth-order valence-electron chi connectivity index (χ4n) is 4.19. The van der Waals surface area contributed by atoms with E-state index in [1.165, 1.54) is 11.3 Å². The van der Waals surface area contributed by atoms with Crippen LogP contribution in [0.1, 0.15) is 25.0 Å². The molecule has 4 rings (SSSR count). The van der Waals surface area contributed by atoms with Crippen molar-refractivity contribution in [3.8, 4) is 5.75 Å². The lowest BCUT2D eigenvalue weighted by Crippen LogP contribution is -2.55. The molecular weight excluding hydrogens is 456 g/mol. The van der Waals surface area contributed by atoms with Gasteiger partial charge in [-0.3, -0.25) is 0 Å². The van der Waals surface area contributed by atoms with E-state index in [0.29, 0.717) is 30.3 Å². The Labute approximate surface area is 200 Å². The van der Waals surface area contributed by atoms with Crippen LogP contribution in [0.15, 0.2) is 70.3 Å². The second-order valence-corrected chi connectivity index (χ2v) is 11.9. The monoisotopic (exact) mass is 486 g/mol. The van der Waals surface area contributed by atoms with Crippen LogP contribution in [0.2, 0.25) is 0 Å². The highest BCUT2D eigenvalue weighted by atomic mass is 32.2. The standard InChI is InChI=1S/C25H30N2O4S2/c1-25(2,28)20-8-10-21(11-9-20)27-15-14-26(33(29,30)24-5-4-16-32-24)18-22(27)17-19-6-12-23(31-3)13-7-19/h4-13,16,22,28H,14-15,17-18H2,1-3H3/t22-/m0/s1. The number of sulfonamides is 1. The van der Waals surface area contributed by atoms with E-state index in [0.717, 1.165) is 22.6 Å². The van der Waals surface area contributed by atoms with Crippen molar-refractivity contribution in [3.05, 3.63) is 77.2 Å². The van der Waals surface area contributed by atoms with Crippen LogP contribution in [0.4, 0.5) is 5.69 Å². The molecular formula is C25H30N2O4S2. The second-order valence-electron chi connectivity index (χ2n) is 8.80. The van der Waals surface area contributed by atoms with Crippen molar-refractivity contribution in [2.45, 2.75) is 36.1 Å². The molecule has 1 aromatic heterocycles. The zero-order chi connectivity index (χ0) is 23.6. The molecule has 1 aliphatic heterocycles. The quantitative estimate of drug-likeness (QED) is 0.544. The smallest absolute Gasteiger partial charge is 0.252 e. The molecule has 33 heavy (non-hydrogen) atoms. The van der Waals surface area contributed by atoms with Gasteiger partial charge in [0.2, 0.25) is 0 Å². The maximum atomic E-state index is 13.2. The molecule has 1 fully saturated rings. The third kappa shape index (κ3) is 5.24. The first-order valence-corrected chi connectivity index (χ1v) is 13.3. The van der Waals surface area contributed by atoms with Gasteiger partial charge in [-0.1, -0.05) is 30.3 Å². The summed E-state index contributed by atoms with van der Waals surface area (Å²) in [5.74, 6) is 0.795. The summed E-state index contributed by atoms with van der Waals surface area (Å²) in [6.45, 7) is 4.95. The van der Waals surface area contributed by atoms with Crippen molar-refractivity contribution in [2.75, 3.05) is 31.6 Å². The molecule has 0 saturated carbocycles. The van der Waals surface area contributed by atoms with Gasteiger partial charge in [0.05, 0.1) is 12.7 Å². The zero-order valence-corrected chi connectivity index (χ0v) is 20.8. The Morgan fingerprint density at radius 2 is 1.76 bits per heavy atom. The molecule has 1 atom stereocenters. The Morgan fingerprint density at radius 1 is 1.06 bits per heavy atom. The molecule has 1 aliphatic rings. The first-order valence-electron chi connectivity index (χ1n) is 10.9. The maximum absolute atomic E-state index is 13.2. The number of hydrogen-bond donors (Lipinski definition) is 1. The first-order chi connectivity index (χ1) is 15.7. The van der Waals surface area contributed by atoms with Gasteiger partial charge in [0.15, 0.2) is 0 Å². The minimum absolute atomic E-state index is 0.0325. The third-order valence-electron chi connectivity index (χ3n) is 6.07.